The van der Waals surface area contributed by atoms with Gasteiger partial charge in [0.25, 0.3) is 0 Å². The Hall–Kier alpha value is -3.42. The van der Waals surface area contributed by atoms with Gasteiger partial charge in [-0.1, -0.05) is 33.8 Å². The third-order valence-electron chi connectivity index (χ3n) is 7.10. The molecule has 186 valence electrons. The number of benzene rings is 1. The number of rotatable bonds is 5. The number of ether oxygens (including phenoxy) is 1. The van der Waals surface area contributed by atoms with Crippen LogP contribution in [0.25, 0.3) is 0 Å². The smallest absolute Gasteiger partial charge is 0.339 e. The van der Waals surface area contributed by atoms with E-state index in [0.717, 1.165) is 0 Å². The first-order valence-electron chi connectivity index (χ1n) is 11.7. The van der Waals surface area contributed by atoms with Gasteiger partial charge in [-0.05, 0) is 41.4 Å². The summed E-state index contributed by atoms with van der Waals surface area (Å²) in [7, 11) is 1.38. The van der Waals surface area contributed by atoms with Crippen LogP contribution in [0.1, 0.15) is 75.2 Å². The molecule has 0 fully saturated rings. The van der Waals surface area contributed by atoms with Crippen LogP contribution < -0.4 is 4.74 Å². The number of aliphatic carboxylic acids is 1. The van der Waals surface area contributed by atoms with Crippen molar-refractivity contribution in [1.82, 2.24) is 4.90 Å². The van der Waals surface area contributed by atoms with E-state index in [9.17, 15) is 29.4 Å². The Morgan fingerprint density at radius 1 is 0.943 bits per heavy atom. The van der Waals surface area contributed by atoms with E-state index >= 15 is 0 Å². The van der Waals surface area contributed by atoms with Crippen LogP contribution in [0, 0.1) is 10.8 Å². The van der Waals surface area contributed by atoms with Gasteiger partial charge in [0.05, 0.1) is 7.11 Å². The lowest BCUT2D eigenvalue weighted by atomic mass is 9.63. The molecule has 0 spiro atoms. The predicted molar refractivity (Wildman–Crippen MR) is 127 cm³/mol. The van der Waals surface area contributed by atoms with Gasteiger partial charge in [-0.15, -0.1) is 0 Å². The Balaban J connectivity index is 2.03. The number of carboxylic acid groups (broad SMARTS) is 2. The summed E-state index contributed by atoms with van der Waals surface area (Å²) >= 11 is 0. The molecule has 8 heteroatoms. The third-order valence-corrected chi connectivity index (χ3v) is 7.10. The molecule has 0 atom stereocenters. The number of carbonyl (C=O) groups excluding carboxylic acids is 2. The van der Waals surface area contributed by atoms with Crippen molar-refractivity contribution in [3.05, 3.63) is 51.9 Å². The van der Waals surface area contributed by atoms with Crippen LogP contribution >= 0.6 is 0 Å². The van der Waals surface area contributed by atoms with E-state index in [1.807, 2.05) is 27.7 Å². The molecule has 0 aromatic heterocycles. The number of aromatic carboxylic acids is 1. The number of hydrogen-bond acceptors (Lipinski definition) is 6. The maximum Gasteiger partial charge on any atom is 0.339 e. The lowest BCUT2D eigenvalue weighted by Gasteiger charge is -2.48. The van der Waals surface area contributed by atoms with Crippen molar-refractivity contribution >= 4 is 23.5 Å². The fraction of sp³-hybridized carbons (Fsp3) is 0.481. The minimum absolute atomic E-state index is 0.0607. The van der Waals surface area contributed by atoms with E-state index < -0.39 is 17.9 Å². The zero-order valence-corrected chi connectivity index (χ0v) is 20.7. The molecule has 4 rings (SSSR count). The van der Waals surface area contributed by atoms with Crippen LogP contribution in [0.3, 0.4) is 0 Å². The summed E-state index contributed by atoms with van der Waals surface area (Å²) in [5.41, 5.74) is 1.74. The maximum absolute atomic E-state index is 13.6. The molecule has 0 radical (unpaired) electrons. The molecule has 8 nitrogen and oxygen atoms in total. The van der Waals surface area contributed by atoms with E-state index in [0.29, 0.717) is 40.9 Å². The van der Waals surface area contributed by atoms with E-state index in [1.165, 1.54) is 19.2 Å². The summed E-state index contributed by atoms with van der Waals surface area (Å²) in [4.78, 5) is 52.7. The van der Waals surface area contributed by atoms with Crippen molar-refractivity contribution in [3.63, 3.8) is 0 Å². The minimum Gasteiger partial charge on any atom is -0.496 e. The van der Waals surface area contributed by atoms with Gasteiger partial charge >= 0.3 is 11.9 Å². The van der Waals surface area contributed by atoms with E-state index in [-0.39, 0.29) is 53.1 Å². The lowest BCUT2D eigenvalue weighted by molar-refractivity contribution is -0.138. The Bertz CT molecular complexity index is 1160. The molecule has 2 aliphatic carbocycles. The van der Waals surface area contributed by atoms with Crippen molar-refractivity contribution in [2.75, 3.05) is 13.7 Å². The number of carbonyl (C=O) groups is 4. The predicted octanol–water partition coefficient (Wildman–Crippen LogP) is 4.16. The highest BCUT2D eigenvalue weighted by Crippen LogP contribution is 2.54. The summed E-state index contributed by atoms with van der Waals surface area (Å²) in [6, 6.07) is 4.70. The average molecular weight is 482 g/mol. The van der Waals surface area contributed by atoms with Crippen LogP contribution in [0.4, 0.5) is 0 Å². The van der Waals surface area contributed by atoms with Gasteiger partial charge in [-0.3, -0.25) is 14.4 Å². The molecular weight excluding hydrogens is 450 g/mol. The molecule has 0 amide bonds. The normalized spacial score (nSPS) is 21.6. The largest absolute Gasteiger partial charge is 0.496 e. The molecule has 2 N–H and O–H groups in total. The first kappa shape index (κ1) is 24.7. The van der Waals surface area contributed by atoms with E-state index in [1.54, 1.807) is 11.0 Å². The van der Waals surface area contributed by atoms with Gasteiger partial charge in [0.15, 0.2) is 11.6 Å². The number of allylic oxidation sites excluding steroid dienone is 4. The number of carboxylic acids is 2. The molecule has 0 saturated carbocycles. The van der Waals surface area contributed by atoms with Crippen molar-refractivity contribution in [2.24, 2.45) is 10.8 Å². The Kier molecular flexibility index (Phi) is 5.90. The number of ketones is 2. The first-order chi connectivity index (χ1) is 16.2. The van der Waals surface area contributed by atoms with Crippen LogP contribution in [-0.2, 0) is 14.4 Å². The zero-order chi connectivity index (χ0) is 25.9. The summed E-state index contributed by atoms with van der Waals surface area (Å²) in [6.45, 7) is 7.54. The van der Waals surface area contributed by atoms with Gasteiger partial charge < -0.3 is 19.8 Å². The maximum atomic E-state index is 13.6. The van der Waals surface area contributed by atoms with Gasteiger partial charge in [-0.2, -0.15) is 0 Å². The summed E-state index contributed by atoms with van der Waals surface area (Å²) < 4.78 is 5.21. The highest BCUT2D eigenvalue weighted by molar-refractivity contribution is 6.07. The summed E-state index contributed by atoms with van der Waals surface area (Å²) in [6.07, 6.45) is 1.47. The fourth-order valence-corrected chi connectivity index (χ4v) is 5.78. The first-order valence-corrected chi connectivity index (χ1v) is 11.7. The van der Waals surface area contributed by atoms with Gasteiger partial charge in [0.1, 0.15) is 17.9 Å². The Labute approximate surface area is 204 Å². The molecule has 1 aromatic carbocycles. The molecule has 3 aliphatic rings. The average Bonchev–Trinajstić information content (AvgIpc) is 2.72. The van der Waals surface area contributed by atoms with E-state index in [2.05, 4.69) is 0 Å². The van der Waals surface area contributed by atoms with Crippen molar-refractivity contribution in [2.45, 2.75) is 59.3 Å². The second kappa shape index (κ2) is 8.36. The van der Waals surface area contributed by atoms with Crippen LogP contribution in [0.5, 0.6) is 5.75 Å². The van der Waals surface area contributed by atoms with Gasteiger partial charge in [0.2, 0.25) is 0 Å². The molecule has 0 bridgehead atoms. The topological polar surface area (TPSA) is 121 Å². The zero-order valence-electron chi connectivity index (χ0n) is 20.7. The van der Waals surface area contributed by atoms with Crippen LogP contribution in [0.2, 0.25) is 0 Å². The highest BCUT2D eigenvalue weighted by atomic mass is 16.5. The molecule has 1 heterocycles. The lowest BCUT2D eigenvalue weighted by Crippen LogP contribution is -2.45. The van der Waals surface area contributed by atoms with Crippen molar-refractivity contribution < 1.29 is 34.1 Å². The van der Waals surface area contributed by atoms with Crippen LogP contribution in [-0.4, -0.2) is 52.3 Å². The van der Waals surface area contributed by atoms with Gasteiger partial charge in [0, 0.05) is 41.3 Å². The molecule has 35 heavy (non-hydrogen) atoms. The number of Topliss-reactive ketones (excluding diaryl/α,β-unsaturated/α-hetero) is 2. The number of nitrogens with zero attached hydrogens (tertiary/aromatic N) is 1. The standard InChI is InChI=1S/C27H31NO7/c1-26(2)9-16-23(18(29)11-26)22(14-6-7-20(35-5)15(8-14)25(33)34)24-17(28(16)13-21(31)32)10-27(3,4)12-19(24)30/h6-8,22H,9-13H2,1-5H3,(H,31,32)(H,33,34). The fourth-order valence-electron chi connectivity index (χ4n) is 5.78. The second-order valence-electron chi connectivity index (χ2n) is 11.3. The SMILES string of the molecule is COc1ccc(C2C3=C(CC(C)(C)CC3=O)N(CC(=O)O)C3=C2C(=O)CC(C)(C)C3)cc1C(=O)O. The summed E-state index contributed by atoms with van der Waals surface area (Å²) in [5.74, 6) is -3.09. The van der Waals surface area contributed by atoms with E-state index in [4.69, 9.17) is 4.74 Å². The van der Waals surface area contributed by atoms with Crippen molar-refractivity contribution in [1.29, 1.82) is 0 Å². The molecule has 0 unspecified atom stereocenters. The number of hydrogen-bond donors (Lipinski definition) is 2. The molecular formula is C27H31NO7. The highest BCUT2D eigenvalue weighted by Gasteiger charge is 2.49. The monoisotopic (exact) mass is 481 g/mol. The second-order valence-corrected chi connectivity index (χ2v) is 11.3. The third kappa shape index (κ3) is 4.37. The van der Waals surface area contributed by atoms with Crippen LogP contribution in [0.15, 0.2) is 40.7 Å². The van der Waals surface area contributed by atoms with Gasteiger partial charge in [-0.25, -0.2) is 4.79 Å². The molecule has 0 saturated heterocycles. The Morgan fingerprint density at radius 3 is 1.89 bits per heavy atom. The molecule has 1 aromatic rings. The quantitative estimate of drug-likeness (QED) is 0.643. The molecule has 1 aliphatic heterocycles. The van der Waals surface area contributed by atoms with Crippen molar-refractivity contribution in [3.8, 4) is 5.75 Å². The number of methoxy groups -OCH3 is 1. The Morgan fingerprint density at radius 2 is 1.46 bits per heavy atom. The minimum atomic E-state index is -1.18. The summed E-state index contributed by atoms with van der Waals surface area (Å²) in [5, 5.41) is 19.5.